The second-order valence-electron chi connectivity index (χ2n) is 11.3. The summed E-state index contributed by atoms with van der Waals surface area (Å²) < 4.78 is 13.4. The molecule has 0 radical (unpaired) electrons. The average molecular weight is 490 g/mol. The fraction of sp³-hybridized carbons (Fsp3) is 0.852. The number of aromatic nitrogens is 2. The number of carbonyl (C=O) groups is 1. The fourth-order valence-corrected chi connectivity index (χ4v) is 6.37. The van der Waals surface area contributed by atoms with Crippen LogP contribution < -0.4 is 5.32 Å². The van der Waals surface area contributed by atoms with Gasteiger partial charge in [0.15, 0.2) is 0 Å². The fourth-order valence-electron chi connectivity index (χ4n) is 6.37. The SMILES string of the molecule is CNCCN(C)Cc1nn2c(c1C1CCC(COC)(COC)CC1)CN(C(=O)CC1CCC1)CC2. The zero-order chi connectivity index (χ0) is 24.8. The number of methoxy groups -OCH3 is 2. The number of hydrogen-bond donors (Lipinski definition) is 1. The van der Waals surface area contributed by atoms with Crippen LogP contribution in [0.3, 0.4) is 0 Å². The molecule has 0 aromatic carbocycles. The summed E-state index contributed by atoms with van der Waals surface area (Å²) in [6.45, 7) is 6.61. The molecule has 1 amide bonds. The highest BCUT2D eigenvalue weighted by Gasteiger charge is 2.39. The Morgan fingerprint density at radius 3 is 2.46 bits per heavy atom. The van der Waals surface area contributed by atoms with Gasteiger partial charge in [0.2, 0.25) is 5.91 Å². The molecule has 1 aliphatic heterocycles. The summed E-state index contributed by atoms with van der Waals surface area (Å²) in [7, 11) is 7.77. The van der Waals surface area contributed by atoms with Gasteiger partial charge in [-0.2, -0.15) is 5.10 Å². The van der Waals surface area contributed by atoms with Crippen LogP contribution in [0.1, 0.15) is 74.2 Å². The molecule has 2 aliphatic carbocycles. The van der Waals surface area contributed by atoms with Crippen LogP contribution in [-0.2, 0) is 33.9 Å². The Labute approximate surface area is 211 Å². The lowest BCUT2D eigenvalue weighted by Gasteiger charge is -2.40. The number of fused-ring (bicyclic) bond motifs is 1. The van der Waals surface area contributed by atoms with E-state index in [1.807, 2.05) is 7.05 Å². The molecule has 8 nitrogen and oxygen atoms in total. The van der Waals surface area contributed by atoms with Gasteiger partial charge in [0.05, 0.1) is 37.7 Å². The number of rotatable bonds is 12. The van der Waals surface area contributed by atoms with Crippen molar-refractivity contribution in [3.05, 3.63) is 17.0 Å². The molecule has 35 heavy (non-hydrogen) atoms. The summed E-state index contributed by atoms with van der Waals surface area (Å²) in [5.74, 6) is 1.43. The van der Waals surface area contributed by atoms with Crippen molar-refractivity contribution in [2.24, 2.45) is 11.3 Å². The predicted molar refractivity (Wildman–Crippen MR) is 137 cm³/mol. The summed E-state index contributed by atoms with van der Waals surface area (Å²) in [6.07, 6.45) is 8.89. The van der Waals surface area contributed by atoms with E-state index in [1.54, 1.807) is 14.2 Å². The smallest absolute Gasteiger partial charge is 0.223 e. The molecular formula is C27H47N5O3. The van der Waals surface area contributed by atoms with Gasteiger partial charge in [0.1, 0.15) is 0 Å². The van der Waals surface area contributed by atoms with Gasteiger partial charge in [-0.25, -0.2) is 0 Å². The van der Waals surface area contributed by atoms with Gasteiger partial charge in [0.25, 0.3) is 0 Å². The van der Waals surface area contributed by atoms with Gasteiger partial charge in [-0.05, 0) is 64.5 Å². The molecule has 0 saturated heterocycles. The Kier molecular flexibility index (Phi) is 9.24. The maximum atomic E-state index is 13.1. The van der Waals surface area contributed by atoms with Gasteiger partial charge < -0.3 is 19.7 Å². The zero-order valence-electron chi connectivity index (χ0n) is 22.5. The van der Waals surface area contributed by atoms with Crippen molar-refractivity contribution in [2.75, 3.05) is 61.2 Å². The molecule has 3 aliphatic rings. The molecule has 0 atom stereocenters. The minimum Gasteiger partial charge on any atom is -0.384 e. The highest BCUT2D eigenvalue weighted by molar-refractivity contribution is 5.76. The Bertz CT molecular complexity index is 821. The number of ether oxygens (including phenoxy) is 2. The number of likely N-dealkylation sites (N-methyl/N-ethyl adjacent to an activating group) is 2. The molecule has 1 aromatic heterocycles. The Morgan fingerprint density at radius 2 is 1.86 bits per heavy atom. The molecule has 4 rings (SSSR count). The number of amides is 1. The first kappa shape index (κ1) is 26.6. The van der Waals surface area contributed by atoms with Crippen LogP contribution in [0, 0.1) is 11.3 Å². The highest BCUT2D eigenvalue weighted by atomic mass is 16.5. The van der Waals surface area contributed by atoms with E-state index in [0.29, 0.717) is 24.3 Å². The minimum absolute atomic E-state index is 0.113. The number of carbonyl (C=O) groups excluding carboxylic acids is 1. The summed E-state index contributed by atoms with van der Waals surface area (Å²) in [6, 6.07) is 0. The topological polar surface area (TPSA) is 71.9 Å². The van der Waals surface area contributed by atoms with E-state index in [1.165, 1.54) is 36.2 Å². The van der Waals surface area contributed by atoms with Gasteiger partial charge in [0, 0.05) is 57.8 Å². The maximum Gasteiger partial charge on any atom is 0.223 e. The standard InChI is InChI=1S/C27H47N5O3/c1-28-12-13-30(2)17-23-26(22-8-10-27(11-9-22,19-34-3)20-35-4)24-18-31(14-15-32(24)29-23)25(33)16-21-6-5-7-21/h21-22,28H,5-20H2,1-4H3. The van der Waals surface area contributed by atoms with Crippen molar-refractivity contribution in [3.8, 4) is 0 Å². The quantitative estimate of drug-likeness (QED) is 0.487. The Balaban J connectivity index is 1.54. The molecule has 1 aromatic rings. The number of hydrogen-bond acceptors (Lipinski definition) is 6. The van der Waals surface area contributed by atoms with Crippen LogP contribution in [0.4, 0.5) is 0 Å². The Hall–Kier alpha value is -1.48. The van der Waals surface area contributed by atoms with Crippen molar-refractivity contribution in [1.29, 1.82) is 0 Å². The molecule has 198 valence electrons. The van der Waals surface area contributed by atoms with Gasteiger partial charge in [-0.1, -0.05) is 6.42 Å². The molecule has 0 bridgehead atoms. The lowest BCUT2D eigenvalue weighted by atomic mass is 9.69. The third kappa shape index (κ3) is 6.27. The van der Waals surface area contributed by atoms with Crippen LogP contribution in [-0.4, -0.2) is 86.7 Å². The van der Waals surface area contributed by atoms with Crippen molar-refractivity contribution in [3.63, 3.8) is 0 Å². The predicted octanol–water partition coefficient (Wildman–Crippen LogP) is 3.00. The Morgan fingerprint density at radius 1 is 1.14 bits per heavy atom. The van der Waals surface area contributed by atoms with E-state index in [4.69, 9.17) is 14.6 Å². The van der Waals surface area contributed by atoms with Crippen molar-refractivity contribution in [2.45, 2.75) is 76.9 Å². The third-order valence-corrected chi connectivity index (χ3v) is 8.66. The van der Waals surface area contributed by atoms with Crippen molar-refractivity contribution >= 4 is 5.91 Å². The minimum atomic E-state index is 0.113. The summed E-state index contributed by atoms with van der Waals surface area (Å²) in [5.41, 5.74) is 4.03. The second-order valence-corrected chi connectivity index (χ2v) is 11.3. The number of nitrogens with one attached hydrogen (secondary N) is 1. The zero-order valence-corrected chi connectivity index (χ0v) is 22.5. The van der Waals surface area contributed by atoms with Crippen LogP contribution in [0.2, 0.25) is 0 Å². The van der Waals surface area contributed by atoms with Crippen LogP contribution in [0.5, 0.6) is 0 Å². The van der Waals surface area contributed by atoms with E-state index in [-0.39, 0.29) is 5.41 Å². The lowest BCUT2D eigenvalue weighted by molar-refractivity contribution is -0.134. The summed E-state index contributed by atoms with van der Waals surface area (Å²) in [5, 5.41) is 8.38. The van der Waals surface area contributed by atoms with Crippen LogP contribution in [0.25, 0.3) is 0 Å². The second kappa shape index (κ2) is 12.2. The van der Waals surface area contributed by atoms with Gasteiger partial charge in [-0.15, -0.1) is 0 Å². The van der Waals surface area contributed by atoms with Crippen LogP contribution in [0.15, 0.2) is 0 Å². The van der Waals surface area contributed by atoms with E-state index in [2.05, 4.69) is 26.8 Å². The molecule has 0 unspecified atom stereocenters. The van der Waals surface area contributed by atoms with E-state index in [0.717, 1.165) is 78.0 Å². The van der Waals surface area contributed by atoms with E-state index >= 15 is 0 Å². The molecule has 2 saturated carbocycles. The molecule has 2 heterocycles. The van der Waals surface area contributed by atoms with E-state index in [9.17, 15) is 4.79 Å². The molecule has 2 fully saturated rings. The molecular weight excluding hydrogens is 442 g/mol. The van der Waals surface area contributed by atoms with Gasteiger partial charge in [-0.3, -0.25) is 14.4 Å². The van der Waals surface area contributed by atoms with Gasteiger partial charge >= 0.3 is 0 Å². The average Bonchev–Trinajstić information content (AvgIpc) is 3.17. The van der Waals surface area contributed by atoms with E-state index < -0.39 is 0 Å². The monoisotopic (exact) mass is 489 g/mol. The number of nitrogens with zero attached hydrogens (tertiary/aromatic N) is 4. The molecule has 0 spiro atoms. The largest absolute Gasteiger partial charge is 0.384 e. The first-order valence-electron chi connectivity index (χ1n) is 13.7. The molecule has 8 heteroatoms. The third-order valence-electron chi connectivity index (χ3n) is 8.66. The summed E-state index contributed by atoms with van der Waals surface area (Å²) >= 11 is 0. The van der Waals surface area contributed by atoms with Crippen molar-refractivity contribution in [1.82, 2.24) is 24.9 Å². The normalized spacial score (nSPS) is 20.8. The van der Waals surface area contributed by atoms with Crippen molar-refractivity contribution < 1.29 is 14.3 Å². The molecule has 1 N–H and O–H groups in total. The first-order chi connectivity index (χ1) is 17.0. The summed E-state index contributed by atoms with van der Waals surface area (Å²) in [4.78, 5) is 17.5. The lowest BCUT2D eigenvalue weighted by Crippen LogP contribution is -2.40. The first-order valence-corrected chi connectivity index (χ1v) is 13.7. The highest BCUT2D eigenvalue weighted by Crippen LogP contribution is 2.45. The maximum absolute atomic E-state index is 13.1. The van der Waals surface area contributed by atoms with Crippen LogP contribution >= 0.6 is 0 Å².